The summed E-state index contributed by atoms with van der Waals surface area (Å²) in [5.41, 5.74) is 3.74. The number of quaternary nitrogens is 1. The molecule has 3 nitrogen and oxygen atoms in total. The molecule has 19 heavy (non-hydrogen) atoms. The fraction of sp³-hybridized carbons (Fsp3) is 0.933. The van der Waals surface area contributed by atoms with E-state index in [1.807, 2.05) is 0 Å². The van der Waals surface area contributed by atoms with E-state index in [-0.39, 0.29) is 11.9 Å². The number of thiol groups is 1. The van der Waals surface area contributed by atoms with Gasteiger partial charge in [0.2, 0.25) is 0 Å². The summed E-state index contributed by atoms with van der Waals surface area (Å²) in [7, 11) is 0. The van der Waals surface area contributed by atoms with E-state index in [1.54, 1.807) is 0 Å². The van der Waals surface area contributed by atoms with Crippen LogP contribution in [-0.4, -0.2) is 24.2 Å². The Morgan fingerprint density at radius 2 is 1.47 bits per heavy atom. The summed E-state index contributed by atoms with van der Waals surface area (Å²) in [6.45, 7) is 3.04. The minimum absolute atomic E-state index is 0.0333. The lowest BCUT2D eigenvalue weighted by molar-refractivity contribution is -0.396. The lowest BCUT2D eigenvalue weighted by Gasteiger charge is -2.07. The third-order valence-corrected chi connectivity index (χ3v) is 3.86. The zero-order chi connectivity index (χ0) is 14.3. The van der Waals surface area contributed by atoms with E-state index in [1.165, 1.54) is 57.8 Å². The number of carbonyl (C=O) groups excluding carboxylic acids is 1. The quantitative estimate of drug-likeness (QED) is 0.354. The first-order chi connectivity index (χ1) is 9.22. The maximum atomic E-state index is 11.4. The molecule has 0 radical (unpaired) electrons. The summed E-state index contributed by atoms with van der Waals surface area (Å²) in [6.07, 6.45) is 13.2. The second-order valence-electron chi connectivity index (χ2n) is 5.35. The minimum Gasteiger partial charge on any atom is -0.351 e. The van der Waals surface area contributed by atoms with Crippen molar-refractivity contribution in [3.05, 3.63) is 0 Å². The van der Waals surface area contributed by atoms with Gasteiger partial charge in [-0.3, -0.25) is 4.79 Å². The zero-order valence-electron chi connectivity index (χ0n) is 12.6. The van der Waals surface area contributed by atoms with E-state index in [0.717, 1.165) is 13.0 Å². The largest absolute Gasteiger partial charge is 0.351 e. The molecular formula is C15H33N2OS+. The molecule has 4 heteroatoms. The standard InChI is InChI=1S/C15H32N2OS/c1-2-3-4-5-6-7-8-9-10-11-12-17-15(18)14(16)13-19/h14,19H,2-13,16H2,1H3,(H,17,18)/p+1. The van der Waals surface area contributed by atoms with Crippen molar-refractivity contribution in [2.45, 2.75) is 77.2 Å². The first-order valence-electron chi connectivity index (χ1n) is 7.94. The minimum atomic E-state index is -0.216. The molecular weight excluding hydrogens is 256 g/mol. The summed E-state index contributed by atoms with van der Waals surface area (Å²) in [4.78, 5) is 11.4. The summed E-state index contributed by atoms with van der Waals surface area (Å²) in [5, 5.41) is 2.91. The highest BCUT2D eigenvalue weighted by atomic mass is 32.1. The molecule has 0 spiro atoms. The van der Waals surface area contributed by atoms with Crippen LogP contribution in [0, 0.1) is 0 Å². The van der Waals surface area contributed by atoms with Crippen LogP contribution in [-0.2, 0) is 4.79 Å². The number of hydrogen-bond donors (Lipinski definition) is 3. The van der Waals surface area contributed by atoms with Crippen LogP contribution in [0.2, 0.25) is 0 Å². The molecule has 0 rings (SSSR count). The Morgan fingerprint density at radius 3 is 1.95 bits per heavy atom. The number of carbonyl (C=O) groups is 1. The molecule has 0 aromatic rings. The third-order valence-electron chi connectivity index (χ3n) is 3.42. The number of nitrogens with one attached hydrogen (secondary N) is 1. The molecule has 0 aliphatic heterocycles. The highest BCUT2D eigenvalue weighted by Crippen LogP contribution is 2.10. The highest BCUT2D eigenvalue weighted by Gasteiger charge is 2.13. The second kappa shape index (κ2) is 14.2. The van der Waals surface area contributed by atoms with Gasteiger partial charge in [-0.2, -0.15) is 12.6 Å². The Bertz CT molecular complexity index is 212. The molecule has 0 fully saturated rings. The molecule has 0 aromatic heterocycles. The van der Waals surface area contributed by atoms with Gasteiger partial charge in [0, 0.05) is 6.54 Å². The van der Waals surface area contributed by atoms with E-state index < -0.39 is 0 Å². The predicted molar refractivity (Wildman–Crippen MR) is 85.4 cm³/mol. The molecule has 114 valence electrons. The van der Waals surface area contributed by atoms with Crippen LogP contribution in [0.3, 0.4) is 0 Å². The van der Waals surface area contributed by atoms with Crippen LogP contribution in [0.1, 0.15) is 71.1 Å². The van der Waals surface area contributed by atoms with Crippen molar-refractivity contribution in [3.8, 4) is 0 Å². The van der Waals surface area contributed by atoms with E-state index in [0.29, 0.717) is 5.75 Å². The number of amides is 1. The van der Waals surface area contributed by atoms with Crippen LogP contribution < -0.4 is 11.1 Å². The van der Waals surface area contributed by atoms with Crippen LogP contribution >= 0.6 is 12.6 Å². The SMILES string of the molecule is CCCCCCCCCCCCNC(=O)C([NH3+])CS. The smallest absolute Gasteiger partial charge is 0.279 e. The summed E-state index contributed by atoms with van der Waals surface area (Å²) in [5.74, 6) is 0.551. The zero-order valence-corrected chi connectivity index (χ0v) is 13.5. The lowest BCUT2D eigenvalue weighted by Crippen LogP contribution is -2.68. The fourth-order valence-corrected chi connectivity index (χ4v) is 2.22. The van der Waals surface area contributed by atoms with Crippen molar-refractivity contribution in [1.82, 2.24) is 5.32 Å². The van der Waals surface area contributed by atoms with Gasteiger partial charge in [-0.15, -0.1) is 0 Å². The summed E-state index contributed by atoms with van der Waals surface area (Å²) < 4.78 is 0. The predicted octanol–water partition coefficient (Wildman–Crippen LogP) is 2.56. The molecule has 0 heterocycles. The topological polar surface area (TPSA) is 56.7 Å². The van der Waals surface area contributed by atoms with Crippen molar-refractivity contribution in [1.29, 1.82) is 0 Å². The molecule has 0 saturated heterocycles. The van der Waals surface area contributed by atoms with Gasteiger partial charge < -0.3 is 11.1 Å². The van der Waals surface area contributed by atoms with Gasteiger partial charge >= 0.3 is 0 Å². The second-order valence-corrected chi connectivity index (χ2v) is 5.72. The Kier molecular flexibility index (Phi) is 14.0. The molecule has 0 aliphatic rings. The van der Waals surface area contributed by atoms with Gasteiger partial charge in [0.15, 0.2) is 6.04 Å². The normalized spacial score (nSPS) is 12.4. The van der Waals surface area contributed by atoms with Crippen molar-refractivity contribution < 1.29 is 10.5 Å². The van der Waals surface area contributed by atoms with Crippen molar-refractivity contribution in [3.63, 3.8) is 0 Å². The van der Waals surface area contributed by atoms with Crippen LogP contribution in [0.15, 0.2) is 0 Å². The van der Waals surface area contributed by atoms with Gasteiger partial charge in [0.25, 0.3) is 5.91 Å². The van der Waals surface area contributed by atoms with E-state index in [2.05, 4.69) is 30.6 Å². The van der Waals surface area contributed by atoms with Crippen molar-refractivity contribution in [2.75, 3.05) is 12.3 Å². The monoisotopic (exact) mass is 289 g/mol. The number of unbranched alkanes of at least 4 members (excludes halogenated alkanes) is 9. The summed E-state index contributed by atoms with van der Waals surface area (Å²) >= 11 is 4.06. The molecule has 0 aliphatic carbocycles. The Balaban J connectivity index is 3.13. The third kappa shape index (κ3) is 12.6. The molecule has 0 aromatic carbocycles. The first kappa shape index (κ1) is 18.8. The molecule has 0 saturated carbocycles. The maximum absolute atomic E-state index is 11.4. The summed E-state index contributed by atoms with van der Waals surface area (Å²) in [6, 6.07) is -0.216. The van der Waals surface area contributed by atoms with E-state index in [9.17, 15) is 4.79 Å². The van der Waals surface area contributed by atoms with Crippen molar-refractivity contribution in [2.24, 2.45) is 0 Å². The van der Waals surface area contributed by atoms with E-state index >= 15 is 0 Å². The molecule has 0 bridgehead atoms. The Hall–Kier alpha value is -0.220. The number of rotatable bonds is 13. The first-order valence-corrected chi connectivity index (χ1v) is 8.57. The van der Waals surface area contributed by atoms with Crippen molar-refractivity contribution >= 4 is 18.5 Å². The highest BCUT2D eigenvalue weighted by molar-refractivity contribution is 7.80. The Morgan fingerprint density at radius 1 is 1.00 bits per heavy atom. The molecule has 4 N–H and O–H groups in total. The average molecular weight is 290 g/mol. The van der Waals surface area contributed by atoms with Crippen LogP contribution in [0.25, 0.3) is 0 Å². The average Bonchev–Trinajstić information content (AvgIpc) is 2.43. The fourth-order valence-electron chi connectivity index (χ4n) is 2.05. The van der Waals surface area contributed by atoms with Gasteiger partial charge in [-0.25, -0.2) is 0 Å². The van der Waals surface area contributed by atoms with E-state index in [4.69, 9.17) is 0 Å². The van der Waals surface area contributed by atoms with Crippen LogP contribution in [0.5, 0.6) is 0 Å². The van der Waals surface area contributed by atoms with Crippen LogP contribution in [0.4, 0.5) is 0 Å². The Labute approximate surface area is 124 Å². The molecule has 1 atom stereocenters. The lowest BCUT2D eigenvalue weighted by atomic mass is 10.1. The molecule has 1 amide bonds. The van der Waals surface area contributed by atoms with Gasteiger partial charge in [-0.05, 0) is 6.42 Å². The van der Waals surface area contributed by atoms with Gasteiger partial charge in [0.05, 0.1) is 5.75 Å². The van der Waals surface area contributed by atoms with Gasteiger partial charge in [0.1, 0.15) is 0 Å². The van der Waals surface area contributed by atoms with Gasteiger partial charge in [-0.1, -0.05) is 64.7 Å². The number of hydrogen-bond acceptors (Lipinski definition) is 2. The molecule has 1 unspecified atom stereocenters. The maximum Gasteiger partial charge on any atom is 0.279 e.